The second kappa shape index (κ2) is 7.51. The maximum Gasteiger partial charge on any atom is 0.315 e. The smallest absolute Gasteiger partial charge is 0.315 e. The van der Waals surface area contributed by atoms with E-state index < -0.39 is 0 Å². The van der Waals surface area contributed by atoms with Crippen LogP contribution in [0.5, 0.6) is 0 Å². The second-order valence-electron chi connectivity index (χ2n) is 7.22. The van der Waals surface area contributed by atoms with Crippen molar-refractivity contribution < 1.29 is 14.3 Å². The van der Waals surface area contributed by atoms with Crippen LogP contribution in [0, 0.1) is 5.92 Å². The van der Waals surface area contributed by atoms with Gasteiger partial charge in [0.05, 0.1) is 6.10 Å². The molecule has 2 N–H and O–H groups in total. The molecule has 130 valence electrons. The number of carbonyl (C=O) groups excluding carboxylic acids is 2. The molecule has 4 atom stereocenters. The first-order chi connectivity index (χ1) is 11.2. The molecule has 3 aliphatic rings. The van der Waals surface area contributed by atoms with Crippen LogP contribution in [0.1, 0.15) is 51.4 Å². The van der Waals surface area contributed by atoms with Crippen molar-refractivity contribution in [2.75, 3.05) is 20.2 Å². The summed E-state index contributed by atoms with van der Waals surface area (Å²) in [6.07, 6.45) is 8.01. The Morgan fingerprint density at radius 1 is 0.957 bits per heavy atom. The first-order valence-corrected chi connectivity index (χ1v) is 9.04. The number of carbonyl (C=O) groups is 2. The Morgan fingerprint density at radius 2 is 1.61 bits per heavy atom. The van der Waals surface area contributed by atoms with Gasteiger partial charge < -0.3 is 20.3 Å². The van der Waals surface area contributed by atoms with Crippen LogP contribution in [0.25, 0.3) is 0 Å². The van der Waals surface area contributed by atoms with Gasteiger partial charge >= 0.3 is 6.03 Å². The summed E-state index contributed by atoms with van der Waals surface area (Å²) in [5.41, 5.74) is 0. The van der Waals surface area contributed by atoms with E-state index in [1.807, 2.05) is 4.90 Å². The Balaban J connectivity index is 1.39. The van der Waals surface area contributed by atoms with Crippen molar-refractivity contribution in [2.24, 2.45) is 5.92 Å². The van der Waals surface area contributed by atoms with Gasteiger partial charge in [-0.1, -0.05) is 0 Å². The van der Waals surface area contributed by atoms with Crippen LogP contribution in [0.3, 0.4) is 0 Å². The first-order valence-electron chi connectivity index (χ1n) is 9.04. The zero-order valence-corrected chi connectivity index (χ0v) is 14.1. The molecule has 3 fully saturated rings. The van der Waals surface area contributed by atoms with Gasteiger partial charge in [-0.05, 0) is 51.4 Å². The zero-order valence-electron chi connectivity index (χ0n) is 14.1. The third kappa shape index (κ3) is 4.16. The van der Waals surface area contributed by atoms with E-state index in [1.165, 1.54) is 0 Å². The van der Waals surface area contributed by atoms with Crippen molar-refractivity contribution in [3.05, 3.63) is 0 Å². The third-order valence-electron chi connectivity index (χ3n) is 5.59. The second-order valence-corrected chi connectivity index (χ2v) is 7.22. The maximum absolute atomic E-state index is 12.4. The van der Waals surface area contributed by atoms with Crippen molar-refractivity contribution >= 4 is 11.9 Å². The van der Waals surface area contributed by atoms with E-state index in [1.54, 1.807) is 7.11 Å². The Hall–Kier alpha value is -1.30. The summed E-state index contributed by atoms with van der Waals surface area (Å²) in [7, 11) is 1.73. The van der Waals surface area contributed by atoms with Gasteiger partial charge in [-0.25, -0.2) is 4.79 Å². The lowest BCUT2D eigenvalue weighted by atomic mass is 10.1. The molecule has 6 heteroatoms. The Bertz CT molecular complexity index is 437. The number of rotatable bonds is 4. The van der Waals surface area contributed by atoms with E-state index in [0.29, 0.717) is 5.91 Å². The Morgan fingerprint density at radius 3 is 2.26 bits per heavy atom. The number of nitrogens with zero attached hydrogens (tertiary/aromatic N) is 1. The highest BCUT2D eigenvalue weighted by Gasteiger charge is 2.34. The van der Waals surface area contributed by atoms with Crippen molar-refractivity contribution in [3.8, 4) is 0 Å². The summed E-state index contributed by atoms with van der Waals surface area (Å²) in [5.74, 6) is 0.397. The lowest BCUT2D eigenvalue weighted by Gasteiger charge is -2.20. The largest absolute Gasteiger partial charge is 0.381 e. The molecule has 3 rings (SSSR count). The molecule has 1 heterocycles. The standard InChI is InChI=1S/C17H29N3O3/c1-23-15-7-6-14(11-15)19-17(22)18-13-5-4-12(10-13)16(21)20-8-2-3-9-20/h12-15H,2-11H2,1H3,(H2,18,19,22)/t12-,13+,14-,15-/m1/s1. The van der Waals surface area contributed by atoms with Crippen LogP contribution in [-0.4, -0.2) is 55.2 Å². The fraction of sp³-hybridized carbons (Fsp3) is 0.882. The van der Waals surface area contributed by atoms with E-state index in [4.69, 9.17) is 4.74 Å². The lowest BCUT2D eigenvalue weighted by Crippen LogP contribution is -2.45. The monoisotopic (exact) mass is 323 g/mol. The van der Waals surface area contributed by atoms with E-state index in [-0.39, 0.29) is 30.1 Å². The third-order valence-corrected chi connectivity index (χ3v) is 5.59. The molecule has 1 saturated heterocycles. The van der Waals surface area contributed by atoms with Crippen LogP contribution in [0.4, 0.5) is 4.79 Å². The lowest BCUT2D eigenvalue weighted by molar-refractivity contribution is -0.134. The van der Waals surface area contributed by atoms with Crippen LogP contribution >= 0.6 is 0 Å². The molecule has 0 radical (unpaired) electrons. The van der Waals surface area contributed by atoms with Gasteiger partial charge in [-0.2, -0.15) is 0 Å². The molecule has 3 amide bonds. The molecular weight excluding hydrogens is 294 g/mol. The fourth-order valence-corrected chi connectivity index (χ4v) is 4.23. The van der Waals surface area contributed by atoms with Gasteiger partial charge in [-0.3, -0.25) is 4.79 Å². The molecule has 6 nitrogen and oxygen atoms in total. The van der Waals surface area contributed by atoms with Crippen LogP contribution in [0.15, 0.2) is 0 Å². The summed E-state index contributed by atoms with van der Waals surface area (Å²) >= 11 is 0. The predicted molar refractivity (Wildman–Crippen MR) is 87.0 cm³/mol. The highest BCUT2D eigenvalue weighted by Crippen LogP contribution is 2.28. The number of methoxy groups -OCH3 is 1. The minimum atomic E-state index is -0.0916. The summed E-state index contributed by atoms with van der Waals surface area (Å²) in [4.78, 5) is 26.5. The van der Waals surface area contributed by atoms with Crippen LogP contribution in [0.2, 0.25) is 0 Å². The number of hydrogen-bond donors (Lipinski definition) is 2. The van der Waals surface area contributed by atoms with Gasteiger partial charge in [0.2, 0.25) is 5.91 Å². The predicted octanol–water partition coefficient (Wildman–Crippen LogP) is 1.64. The van der Waals surface area contributed by atoms with Gasteiger partial charge in [0, 0.05) is 38.2 Å². The quantitative estimate of drug-likeness (QED) is 0.826. The maximum atomic E-state index is 12.4. The van der Waals surface area contributed by atoms with Gasteiger partial charge in [0.15, 0.2) is 0 Å². The van der Waals surface area contributed by atoms with Crippen LogP contribution in [-0.2, 0) is 9.53 Å². The average molecular weight is 323 g/mol. The van der Waals surface area contributed by atoms with Gasteiger partial charge in [-0.15, -0.1) is 0 Å². The summed E-state index contributed by atoms with van der Waals surface area (Å²) in [6, 6.07) is 0.251. The minimum absolute atomic E-state index is 0.0916. The number of amides is 3. The van der Waals surface area contributed by atoms with Crippen molar-refractivity contribution in [3.63, 3.8) is 0 Å². The van der Waals surface area contributed by atoms with Crippen molar-refractivity contribution in [1.29, 1.82) is 0 Å². The SMILES string of the molecule is CO[C@@H]1CC[C@@H](NC(=O)N[C@H]2CC[C@@H](C(=O)N3CCCC3)C2)C1. The molecular formula is C17H29N3O3. The number of nitrogens with one attached hydrogen (secondary N) is 2. The van der Waals surface area contributed by atoms with E-state index >= 15 is 0 Å². The minimum Gasteiger partial charge on any atom is -0.381 e. The summed E-state index contributed by atoms with van der Waals surface area (Å²) < 4.78 is 5.33. The number of ether oxygens (including phenoxy) is 1. The molecule has 2 saturated carbocycles. The topological polar surface area (TPSA) is 70.7 Å². The Kier molecular flexibility index (Phi) is 5.41. The van der Waals surface area contributed by atoms with E-state index in [2.05, 4.69) is 10.6 Å². The normalized spacial score (nSPS) is 33.9. The molecule has 0 unspecified atom stereocenters. The number of urea groups is 1. The van der Waals surface area contributed by atoms with E-state index in [0.717, 1.165) is 64.5 Å². The zero-order chi connectivity index (χ0) is 16.2. The van der Waals surface area contributed by atoms with Crippen LogP contribution < -0.4 is 10.6 Å². The highest BCUT2D eigenvalue weighted by molar-refractivity contribution is 5.80. The van der Waals surface area contributed by atoms with Crippen molar-refractivity contribution in [2.45, 2.75) is 69.6 Å². The molecule has 0 bridgehead atoms. The fourth-order valence-electron chi connectivity index (χ4n) is 4.23. The summed E-state index contributed by atoms with van der Waals surface area (Å²) in [5, 5.41) is 6.10. The number of hydrogen-bond acceptors (Lipinski definition) is 3. The highest BCUT2D eigenvalue weighted by atomic mass is 16.5. The molecule has 0 aromatic heterocycles. The molecule has 0 spiro atoms. The first kappa shape index (κ1) is 16.6. The summed E-state index contributed by atoms with van der Waals surface area (Å²) in [6.45, 7) is 1.83. The Labute approximate surface area is 138 Å². The number of likely N-dealkylation sites (tertiary alicyclic amines) is 1. The van der Waals surface area contributed by atoms with Crippen molar-refractivity contribution in [1.82, 2.24) is 15.5 Å². The molecule has 23 heavy (non-hydrogen) atoms. The van der Waals surface area contributed by atoms with Gasteiger partial charge in [0.25, 0.3) is 0 Å². The molecule has 0 aromatic carbocycles. The molecule has 1 aliphatic heterocycles. The van der Waals surface area contributed by atoms with E-state index in [9.17, 15) is 9.59 Å². The molecule has 2 aliphatic carbocycles. The average Bonchev–Trinajstić information content (AvgIpc) is 3.28. The molecule has 0 aromatic rings. The van der Waals surface area contributed by atoms with Gasteiger partial charge in [0.1, 0.15) is 0 Å².